The summed E-state index contributed by atoms with van der Waals surface area (Å²) >= 11 is 0. The van der Waals surface area contributed by atoms with Crippen LogP contribution in [-0.4, -0.2) is 26.6 Å². The van der Waals surface area contributed by atoms with Crippen LogP contribution in [-0.2, 0) is 18.3 Å². The molecule has 0 saturated carbocycles. The molecule has 21 heavy (non-hydrogen) atoms. The van der Waals surface area contributed by atoms with Gasteiger partial charge in [0.25, 0.3) is 5.69 Å². The van der Waals surface area contributed by atoms with Gasteiger partial charge >= 0.3 is 5.97 Å². The second-order valence-electron chi connectivity index (χ2n) is 4.67. The molecule has 1 aromatic carbocycles. The summed E-state index contributed by atoms with van der Waals surface area (Å²) in [6, 6.07) is 1.73. The van der Waals surface area contributed by atoms with E-state index in [2.05, 4.69) is 5.92 Å². The molecule has 0 aliphatic heterocycles. The number of carboxylic acid groups (broad SMARTS) is 1. The fraction of sp³-hybridized carbons (Fsp3) is 0.214. The Bertz CT molecular complexity index is 786. The van der Waals surface area contributed by atoms with Gasteiger partial charge in [-0.3, -0.25) is 14.9 Å². The Morgan fingerprint density at radius 2 is 2.29 bits per heavy atom. The Labute approximate surface area is 120 Å². The number of benzene rings is 1. The van der Waals surface area contributed by atoms with Crippen molar-refractivity contribution >= 4 is 22.6 Å². The van der Waals surface area contributed by atoms with Gasteiger partial charge in [0, 0.05) is 36.7 Å². The van der Waals surface area contributed by atoms with Gasteiger partial charge in [0.1, 0.15) is 11.6 Å². The first-order chi connectivity index (χ1) is 9.86. The first kappa shape index (κ1) is 14.6. The Balaban J connectivity index is 2.74. The van der Waals surface area contributed by atoms with Crippen LogP contribution in [0.5, 0.6) is 0 Å². The summed E-state index contributed by atoms with van der Waals surface area (Å²) in [6.45, 7) is 0. The first-order valence-corrected chi connectivity index (χ1v) is 6.07. The summed E-state index contributed by atoms with van der Waals surface area (Å²) in [5.41, 5.74) is 6.88. The van der Waals surface area contributed by atoms with Crippen LogP contribution < -0.4 is 5.73 Å². The monoisotopic (exact) mass is 287 g/mol. The van der Waals surface area contributed by atoms with E-state index in [0.29, 0.717) is 22.0 Å². The molecule has 0 saturated heterocycles. The van der Waals surface area contributed by atoms with Gasteiger partial charge in [-0.15, -0.1) is 6.42 Å². The number of non-ortho nitro benzene ring substituents is 1. The summed E-state index contributed by atoms with van der Waals surface area (Å²) in [4.78, 5) is 21.5. The molecule has 0 aliphatic carbocycles. The Kier molecular flexibility index (Phi) is 3.65. The van der Waals surface area contributed by atoms with E-state index in [1.54, 1.807) is 17.8 Å². The number of nitrogens with two attached hydrogens (primary N) is 1. The van der Waals surface area contributed by atoms with Crippen LogP contribution >= 0.6 is 0 Å². The molecular formula is C14H13N3O4. The number of aryl methyl sites for hydroxylation is 1. The van der Waals surface area contributed by atoms with Gasteiger partial charge in [0.05, 0.1) is 4.92 Å². The lowest BCUT2D eigenvalue weighted by Crippen LogP contribution is -2.32. The van der Waals surface area contributed by atoms with Crippen molar-refractivity contribution in [3.8, 4) is 12.3 Å². The van der Waals surface area contributed by atoms with Crippen molar-refractivity contribution in [3.63, 3.8) is 0 Å². The fourth-order valence-corrected chi connectivity index (χ4v) is 2.37. The summed E-state index contributed by atoms with van der Waals surface area (Å²) in [7, 11) is 1.64. The third-order valence-electron chi connectivity index (χ3n) is 3.29. The van der Waals surface area contributed by atoms with E-state index in [-0.39, 0.29) is 12.1 Å². The number of hydrogen-bond donors (Lipinski definition) is 2. The highest BCUT2D eigenvalue weighted by Gasteiger charge is 2.22. The summed E-state index contributed by atoms with van der Waals surface area (Å²) < 4.78 is 1.57. The lowest BCUT2D eigenvalue weighted by atomic mass is 10.0. The number of nitro groups is 1. The maximum Gasteiger partial charge on any atom is 0.320 e. The van der Waals surface area contributed by atoms with Gasteiger partial charge in [-0.2, -0.15) is 0 Å². The zero-order valence-electron chi connectivity index (χ0n) is 11.2. The van der Waals surface area contributed by atoms with Crippen molar-refractivity contribution in [2.24, 2.45) is 12.8 Å². The molecule has 1 heterocycles. The van der Waals surface area contributed by atoms with Gasteiger partial charge in [-0.1, -0.05) is 5.92 Å². The van der Waals surface area contributed by atoms with E-state index in [0.717, 1.165) is 0 Å². The number of carboxylic acids is 1. The molecule has 0 bridgehead atoms. The van der Waals surface area contributed by atoms with Crippen molar-refractivity contribution in [2.45, 2.75) is 12.5 Å². The number of carbonyl (C=O) groups is 1. The van der Waals surface area contributed by atoms with Crippen molar-refractivity contribution in [3.05, 3.63) is 39.6 Å². The molecule has 1 unspecified atom stereocenters. The standard InChI is InChI=1S/C14H13N3O4/c1-3-8-4-5-11(17(20)21)13-12(8)9(7-16(13)2)6-10(15)14(18)19/h1,4-5,7,10H,6,15H2,2H3,(H,18,19). The molecule has 2 aromatic rings. The lowest BCUT2D eigenvalue weighted by molar-refractivity contribution is -0.383. The Morgan fingerprint density at radius 3 is 2.81 bits per heavy atom. The molecule has 7 heteroatoms. The molecule has 1 atom stereocenters. The van der Waals surface area contributed by atoms with Gasteiger partial charge < -0.3 is 15.4 Å². The highest BCUT2D eigenvalue weighted by Crippen LogP contribution is 2.32. The van der Waals surface area contributed by atoms with Crippen molar-refractivity contribution in [2.75, 3.05) is 0 Å². The zero-order valence-corrected chi connectivity index (χ0v) is 11.2. The van der Waals surface area contributed by atoms with Gasteiger partial charge in [0.2, 0.25) is 0 Å². The van der Waals surface area contributed by atoms with E-state index >= 15 is 0 Å². The second kappa shape index (κ2) is 5.26. The molecular weight excluding hydrogens is 274 g/mol. The molecule has 2 rings (SSSR count). The minimum Gasteiger partial charge on any atom is -0.480 e. The molecule has 0 spiro atoms. The largest absolute Gasteiger partial charge is 0.480 e. The summed E-state index contributed by atoms with van der Waals surface area (Å²) in [6.07, 6.45) is 7.10. The van der Waals surface area contributed by atoms with Crippen LogP contribution in [0.25, 0.3) is 10.9 Å². The molecule has 0 amide bonds. The molecule has 1 aromatic heterocycles. The third kappa shape index (κ3) is 2.44. The number of fused-ring (bicyclic) bond motifs is 1. The maximum absolute atomic E-state index is 11.1. The van der Waals surface area contributed by atoms with Crippen molar-refractivity contribution < 1.29 is 14.8 Å². The van der Waals surface area contributed by atoms with Crippen molar-refractivity contribution in [1.82, 2.24) is 4.57 Å². The molecule has 3 N–H and O–H groups in total. The normalized spacial score (nSPS) is 12.0. The number of nitrogens with zero attached hydrogens (tertiary/aromatic N) is 2. The van der Waals surface area contributed by atoms with E-state index in [1.807, 2.05) is 0 Å². The number of rotatable bonds is 4. The topological polar surface area (TPSA) is 111 Å². The van der Waals surface area contributed by atoms with Crippen LogP contribution in [0, 0.1) is 22.5 Å². The zero-order chi connectivity index (χ0) is 15.7. The minimum atomic E-state index is -1.14. The van der Waals surface area contributed by atoms with Crippen molar-refractivity contribution in [1.29, 1.82) is 0 Å². The van der Waals surface area contributed by atoms with E-state index in [9.17, 15) is 14.9 Å². The third-order valence-corrected chi connectivity index (χ3v) is 3.29. The molecule has 0 aliphatic rings. The second-order valence-corrected chi connectivity index (χ2v) is 4.67. The molecule has 0 radical (unpaired) electrons. The molecule has 7 nitrogen and oxygen atoms in total. The Morgan fingerprint density at radius 1 is 1.62 bits per heavy atom. The van der Waals surface area contributed by atoms with Crippen LogP contribution in [0.15, 0.2) is 18.3 Å². The van der Waals surface area contributed by atoms with Crippen LogP contribution in [0.1, 0.15) is 11.1 Å². The Hall–Kier alpha value is -2.85. The predicted octanol–water partition coefficient (Wildman–Crippen LogP) is 1.02. The number of nitro benzene ring substituents is 1. The quantitative estimate of drug-likeness (QED) is 0.495. The molecule has 108 valence electrons. The van der Waals surface area contributed by atoms with Crippen LogP contribution in [0.3, 0.4) is 0 Å². The smallest absolute Gasteiger partial charge is 0.320 e. The minimum absolute atomic E-state index is 0.0442. The predicted molar refractivity (Wildman–Crippen MR) is 76.8 cm³/mol. The molecule has 0 fully saturated rings. The summed E-state index contributed by atoms with van der Waals surface area (Å²) in [5.74, 6) is 1.33. The average molecular weight is 287 g/mol. The van der Waals surface area contributed by atoms with Gasteiger partial charge in [-0.05, 0) is 11.6 Å². The fourth-order valence-electron chi connectivity index (χ4n) is 2.37. The van der Waals surface area contributed by atoms with Crippen LogP contribution in [0.2, 0.25) is 0 Å². The SMILES string of the molecule is C#Cc1ccc([N+](=O)[O-])c2c1c(CC(N)C(=O)O)cn2C. The number of terminal acetylenes is 1. The highest BCUT2D eigenvalue weighted by molar-refractivity contribution is 5.96. The number of hydrogen-bond acceptors (Lipinski definition) is 4. The van der Waals surface area contributed by atoms with Crippen LogP contribution in [0.4, 0.5) is 5.69 Å². The van der Waals surface area contributed by atoms with E-state index in [1.165, 1.54) is 12.1 Å². The number of aliphatic carboxylic acids is 1. The maximum atomic E-state index is 11.1. The van der Waals surface area contributed by atoms with Gasteiger partial charge in [0.15, 0.2) is 0 Å². The van der Waals surface area contributed by atoms with E-state index in [4.69, 9.17) is 17.3 Å². The highest BCUT2D eigenvalue weighted by atomic mass is 16.6. The van der Waals surface area contributed by atoms with Gasteiger partial charge in [-0.25, -0.2) is 0 Å². The first-order valence-electron chi connectivity index (χ1n) is 6.07. The van der Waals surface area contributed by atoms with E-state index < -0.39 is 16.9 Å². The number of aromatic nitrogens is 1. The lowest BCUT2D eigenvalue weighted by Gasteiger charge is -2.06. The summed E-state index contributed by atoms with van der Waals surface area (Å²) in [5, 5.41) is 20.5. The average Bonchev–Trinajstić information content (AvgIpc) is 2.75.